The second kappa shape index (κ2) is 11.4. The molecule has 1 aliphatic rings. The highest BCUT2D eigenvalue weighted by molar-refractivity contribution is 6.09. The molecule has 4 heterocycles. The van der Waals surface area contributed by atoms with Gasteiger partial charge in [0.25, 0.3) is 0 Å². The SMILES string of the molecule is C=CC(=O)N1CCN(c2nc(=O)n(-c3c(C)ccnc3C(C)C)c3nc(-c4c(O)cccc4F)c(F)cc23)[C@@H](C[Si])C1. The van der Waals surface area contributed by atoms with Crippen LogP contribution < -0.4 is 10.6 Å². The monoisotopic (exact) mass is 587 g/mol. The van der Waals surface area contributed by atoms with Gasteiger partial charge in [-0.15, -0.1) is 0 Å². The Bertz CT molecular complexity index is 1760. The van der Waals surface area contributed by atoms with Crippen LogP contribution in [0.2, 0.25) is 6.04 Å². The van der Waals surface area contributed by atoms with Crippen LogP contribution in [0.1, 0.15) is 31.0 Å². The number of benzene rings is 1. The summed E-state index contributed by atoms with van der Waals surface area (Å²) in [6, 6.07) is 6.65. The van der Waals surface area contributed by atoms with E-state index in [4.69, 9.17) is 0 Å². The van der Waals surface area contributed by atoms with Gasteiger partial charge in [0.1, 0.15) is 23.1 Å². The van der Waals surface area contributed by atoms with Crippen molar-refractivity contribution >= 4 is 33.0 Å². The van der Waals surface area contributed by atoms with Crippen molar-refractivity contribution in [3.05, 3.63) is 82.6 Å². The Morgan fingerprint density at radius 2 is 1.98 bits per heavy atom. The van der Waals surface area contributed by atoms with E-state index in [0.29, 0.717) is 42.6 Å². The third-order valence-electron chi connectivity index (χ3n) is 7.43. The van der Waals surface area contributed by atoms with Crippen LogP contribution in [0.4, 0.5) is 14.6 Å². The Morgan fingerprint density at radius 1 is 1.21 bits per heavy atom. The summed E-state index contributed by atoms with van der Waals surface area (Å²) >= 11 is 0. The first-order chi connectivity index (χ1) is 20.1. The molecule has 1 fully saturated rings. The minimum absolute atomic E-state index is 0.0272. The van der Waals surface area contributed by atoms with Crippen molar-refractivity contribution in [2.45, 2.75) is 38.8 Å². The van der Waals surface area contributed by atoms with Gasteiger partial charge in [-0.3, -0.25) is 9.78 Å². The third kappa shape index (κ3) is 4.95. The maximum Gasteiger partial charge on any atom is 0.355 e. The average Bonchev–Trinajstić information content (AvgIpc) is 2.96. The molecule has 3 radical (unpaired) electrons. The first kappa shape index (κ1) is 29.1. The zero-order chi connectivity index (χ0) is 30.3. The van der Waals surface area contributed by atoms with E-state index in [1.165, 1.54) is 22.8 Å². The molecule has 4 aromatic rings. The van der Waals surface area contributed by atoms with Crippen molar-refractivity contribution < 1.29 is 18.7 Å². The number of aryl methyl sites for hydroxylation is 1. The summed E-state index contributed by atoms with van der Waals surface area (Å²) in [4.78, 5) is 43.2. The summed E-state index contributed by atoms with van der Waals surface area (Å²) in [5.74, 6) is -2.40. The maximum absolute atomic E-state index is 15.9. The van der Waals surface area contributed by atoms with Gasteiger partial charge < -0.3 is 14.9 Å². The number of anilines is 1. The molecule has 1 amide bonds. The number of piperazine rings is 1. The van der Waals surface area contributed by atoms with E-state index >= 15 is 4.39 Å². The Balaban J connectivity index is 1.84. The lowest BCUT2D eigenvalue weighted by atomic mass is 10.0. The molecule has 1 atom stereocenters. The van der Waals surface area contributed by atoms with Crippen LogP contribution in [0.15, 0.2) is 54.0 Å². The van der Waals surface area contributed by atoms with Crippen molar-refractivity contribution in [1.82, 2.24) is 24.4 Å². The van der Waals surface area contributed by atoms with Gasteiger partial charge in [-0.1, -0.05) is 26.5 Å². The number of halogens is 2. The lowest BCUT2D eigenvalue weighted by Gasteiger charge is -2.42. The normalized spacial score (nSPS) is 15.5. The number of pyridine rings is 2. The van der Waals surface area contributed by atoms with Crippen LogP contribution in [-0.2, 0) is 4.79 Å². The van der Waals surface area contributed by atoms with Gasteiger partial charge in [-0.25, -0.2) is 23.1 Å². The summed E-state index contributed by atoms with van der Waals surface area (Å²) < 4.78 is 32.1. The van der Waals surface area contributed by atoms with Crippen molar-refractivity contribution in [3.63, 3.8) is 0 Å². The van der Waals surface area contributed by atoms with Gasteiger partial charge in [0.2, 0.25) is 5.91 Å². The summed E-state index contributed by atoms with van der Waals surface area (Å²) in [6.07, 6.45) is 2.89. The standard InChI is InChI=1S/C30H29F2N6O3Si/c1-5-23(40)36-11-12-37(18(14-36)15-42)28-19-13-21(32)26(24-20(31)7-6-8-22(24)39)34-29(19)38(30(41)35-28)27-17(4)9-10-33-25(27)16(2)3/h5-10,13,16,18,39H,1,11-12,14-15H2,2-4H3/t18-/m1/s1. The molecule has 0 spiro atoms. The zero-order valence-corrected chi connectivity index (χ0v) is 24.4. The number of hydrogen-bond acceptors (Lipinski definition) is 7. The number of aromatic hydroxyl groups is 1. The lowest BCUT2D eigenvalue weighted by Crippen LogP contribution is -2.55. The number of carbonyl (C=O) groups excluding carboxylic acids is 1. The Kier molecular flexibility index (Phi) is 7.91. The third-order valence-corrected chi connectivity index (χ3v) is 7.90. The molecule has 215 valence electrons. The van der Waals surface area contributed by atoms with Crippen LogP contribution in [0.25, 0.3) is 28.0 Å². The summed E-state index contributed by atoms with van der Waals surface area (Å²) in [5, 5.41) is 10.7. The minimum atomic E-state index is -0.904. The smallest absolute Gasteiger partial charge is 0.355 e. The number of aromatic nitrogens is 4. The highest BCUT2D eigenvalue weighted by Gasteiger charge is 2.32. The zero-order valence-electron chi connectivity index (χ0n) is 23.4. The molecule has 0 unspecified atom stereocenters. The number of hydrogen-bond donors (Lipinski definition) is 1. The van der Waals surface area contributed by atoms with Crippen LogP contribution in [0, 0.1) is 18.6 Å². The summed E-state index contributed by atoms with van der Waals surface area (Å²) in [6.45, 7) is 10.2. The van der Waals surface area contributed by atoms with Gasteiger partial charge in [-0.05, 0) is 54.8 Å². The second-order valence-electron chi connectivity index (χ2n) is 10.4. The van der Waals surface area contributed by atoms with Gasteiger partial charge in [0.15, 0.2) is 11.5 Å². The molecule has 1 N–H and O–H groups in total. The van der Waals surface area contributed by atoms with Crippen LogP contribution in [0.5, 0.6) is 5.75 Å². The topological polar surface area (TPSA) is 104 Å². The van der Waals surface area contributed by atoms with Gasteiger partial charge in [0.05, 0.1) is 22.3 Å². The molecule has 1 aliphatic heterocycles. The fourth-order valence-corrected chi connectivity index (χ4v) is 5.72. The van der Waals surface area contributed by atoms with E-state index < -0.39 is 34.3 Å². The molecule has 1 aromatic carbocycles. The first-order valence-electron chi connectivity index (χ1n) is 13.5. The fourth-order valence-electron chi connectivity index (χ4n) is 5.37. The molecule has 3 aromatic heterocycles. The Hall–Kier alpha value is -4.45. The van der Waals surface area contributed by atoms with Gasteiger partial charge in [-0.2, -0.15) is 4.98 Å². The molecular weight excluding hydrogens is 558 g/mol. The molecule has 1 saturated heterocycles. The molecule has 0 aliphatic carbocycles. The quantitative estimate of drug-likeness (QED) is 0.268. The fraction of sp³-hybridized carbons (Fsp3) is 0.300. The van der Waals surface area contributed by atoms with Crippen molar-refractivity contribution in [2.24, 2.45) is 0 Å². The van der Waals surface area contributed by atoms with Crippen LogP contribution in [0.3, 0.4) is 0 Å². The summed E-state index contributed by atoms with van der Waals surface area (Å²) in [5.41, 5.74) is 0.231. The van der Waals surface area contributed by atoms with E-state index in [9.17, 15) is 19.1 Å². The average molecular weight is 588 g/mol. The Morgan fingerprint density at radius 3 is 2.64 bits per heavy atom. The molecule has 12 heteroatoms. The number of carbonyl (C=O) groups is 1. The molecular formula is C30H29F2N6O3Si. The summed E-state index contributed by atoms with van der Waals surface area (Å²) in [7, 11) is 3.56. The largest absolute Gasteiger partial charge is 0.507 e. The number of rotatable bonds is 6. The van der Waals surface area contributed by atoms with Crippen LogP contribution in [-0.4, -0.2) is 71.4 Å². The minimum Gasteiger partial charge on any atom is -0.507 e. The first-order valence-corrected chi connectivity index (χ1v) is 14.2. The van der Waals surface area contributed by atoms with Crippen molar-refractivity contribution in [2.75, 3.05) is 24.5 Å². The maximum atomic E-state index is 15.9. The number of nitrogens with zero attached hydrogens (tertiary/aromatic N) is 6. The number of amides is 1. The Labute approximate surface area is 244 Å². The molecule has 0 saturated carbocycles. The van der Waals surface area contributed by atoms with E-state index in [1.54, 1.807) is 17.2 Å². The van der Waals surface area contributed by atoms with E-state index in [1.807, 2.05) is 25.7 Å². The number of fused-ring (bicyclic) bond motifs is 1. The van der Waals surface area contributed by atoms with Crippen molar-refractivity contribution in [1.29, 1.82) is 0 Å². The van der Waals surface area contributed by atoms with Crippen molar-refractivity contribution in [3.8, 4) is 22.7 Å². The number of phenols is 1. The number of phenolic OH excluding ortho intramolecular Hbond substituents is 1. The van der Waals surface area contributed by atoms with E-state index in [0.717, 1.165) is 12.1 Å². The molecule has 5 rings (SSSR count). The molecule has 42 heavy (non-hydrogen) atoms. The highest BCUT2D eigenvalue weighted by Crippen LogP contribution is 2.37. The molecule has 0 bridgehead atoms. The molecule has 9 nitrogen and oxygen atoms in total. The van der Waals surface area contributed by atoms with Gasteiger partial charge in [0, 0.05) is 42.1 Å². The van der Waals surface area contributed by atoms with Crippen LogP contribution >= 0.6 is 0 Å². The van der Waals surface area contributed by atoms with E-state index in [-0.39, 0.29) is 34.7 Å². The lowest BCUT2D eigenvalue weighted by molar-refractivity contribution is -0.126. The van der Waals surface area contributed by atoms with Gasteiger partial charge >= 0.3 is 5.69 Å². The predicted octanol–water partition coefficient (Wildman–Crippen LogP) is 4.05. The second-order valence-corrected chi connectivity index (χ2v) is 10.8. The highest BCUT2D eigenvalue weighted by atomic mass is 28.1. The predicted molar refractivity (Wildman–Crippen MR) is 157 cm³/mol. The van der Waals surface area contributed by atoms with E-state index in [2.05, 4.69) is 31.8 Å².